The number of methoxy groups -OCH3 is 2. The Bertz CT molecular complexity index is 5240. The van der Waals surface area contributed by atoms with Gasteiger partial charge in [-0.15, -0.1) is 0 Å². The van der Waals surface area contributed by atoms with Crippen molar-refractivity contribution in [2.24, 2.45) is 83.2 Å². The van der Waals surface area contributed by atoms with Crippen molar-refractivity contribution in [2.75, 3.05) is 27.4 Å². The third kappa shape index (κ3) is 20.1. The summed E-state index contributed by atoms with van der Waals surface area (Å²) in [6, 6.07) is 0. The van der Waals surface area contributed by atoms with Crippen LogP contribution < -0.4 is 10.6 Å². The number of carbonyl (C=O) groups excluding carboxylic acids is 4. The zero-order valence-corrected chi connectivity index (χ0v) is 78.4. The van der Waals surface area contributed by atoms with Crippen molar-refractivity contribution in [3.8, 4) is 0 Å². The van der Waals surface area contributed by atoms with Gasteiger partial charge in [-0.1, -0.05) is 183 Å². The lowest BCUT2D eigenvalue weighted by Gasteiger charge is -2.26. The second kappa shape index (κ2) is 41.1. The summed E-state index contributed by atoms with van der Waals surface area (Å²) in [7, 11) is 2.35. The minimum Gasteiger partial charge on any atom is -0.507 e. The van der Waals surface area contributed by atoms with E-state index in [0.29, 0.717) is 58.6 Å². The molecule has 9 atom stereocenters. The van der Waals surface area contributed by atoms with E-state index in [1.165, 1.54) is 96.0 Å². The summed E-state index contributed by atoms with van der Waals surface area (Å²) in [4.78, 5) is 84.5. The van der Waals surface area contributed by atoms with Crippen molar-refractivity contribution in [2.45, 2.75) is 278 Å². The SMILES string of the molecule is C=CC1=C(C)C2=NC1=CC1=NC(=CC3=C(C)C4=C(O)[C@](O)(C(=O)OC)C(=C5NC(=C2)[C@@H](C)[C@@H]5CCC(=O)OC/C=C(\C)CCCC(C)CCCC(C)C)C4=N3)C(CC)=C1C.C=CC1=C(C)C2=NC1=CC1=NC(=CC3=C(C)C4=C(O)[C@](O)(C(=O)OC)C(=C5NC(=C2)[C@@H](C)[C@@H]5CCC(=O)OC/C=C(\C)CCCC(C)CCCC(C)CCCC(C)C)C4=N3)C(CC)=C1C. The fourth-order valence-corrected chi connectivity index (χ4v) is 19.5. The molecule has 0 saturated carbocycles. The van der Waals surface area contributed by atoms with Crippen molar-refractivity contribution in [3.63, 3.8) is 0 Å². The molecule has 2 aliphatic carbocycles. The van der Waals surface area contributed by atoms with E-state index in [1.807, 2.05) is 102 Å². The van der Waals surface area contributed by atoms with Crippen molar-refractivity contribution >= 4 is 58.1 Å². The second-order valence-corrected chi connectivity index (χ2v) is 37.3. The van der Waals surface area contributed by atoms with Crippen molar-refractivity contribution in [3.05, 3.63) is 232 Å². The number of aliphatic hydroxyl groups excluding tert-OH is 2. The molecule has 2 saturated heterocycles. The van der Waals surface area contributed by atoms with Gasteiger partial charge < -0.3 is 50.0 Å². The lowest BCUT2D eigenvalue weighted by atomic mass is 9.83. The normalized spacial score (nSPS) is 23.9. The maximum atomic E-state index is 13.7. The number of rotatable bonds is 36. The van der Waals surface area contributed by atoms with E-state index in [9.17, 15) is 39.6 Å². The Morgan fingerprint density at radius 1 is 0.464 bits per heavy atom. The molecule has 6 N–H and O–H groups in total. The molecule has 10 heterocycles. The zero-order valence-electron chi connectivity index (χ0n) is 78.4. The van der Waals surface area contributed by atoms with Crippen LogP contribution in [0.5, 0.6) is 0 Å². The molecule has 0 aromatic rings. The Labute approximate surface area is 743 Å². The first-order valence-electron chi connectivity index (χ1n) is 46.0. The molecule has 670 valence electrons. The highest BCUT2D eigenvalue weighted by atomic mass is 16.6. The number of carbonyl (C=O) groups is 4. The van der Waals surface area contributed by atoms with Gasteiger partial charge in [-0.2, -0.15) is 0 Å². The van der Waals surface area contributed by atoms with E-state index in [2.05, 4.69) is 114 Å². The highest BCUT2D eigenvalue weighted by molar-refractivity contribution is 6.28. The number of esters is 4. The van der Waals surface area contributed by atoms with E-state index in [0.717, 1.165) is 158 Å². The van der Waals surface area contributed by atoms with Crippen LogP contribution in [0, 0.1) is 53.3 Å². The van der Waals surface area contributed by atoms with Crippen LogP contribution in [0.2, 0.25) is 0 Å². The average molecular weight is 1700 g/mol. The monoisotopic (exact) mass is 1700 g/mol. The molecule has 0 amide bonds. The molecular weight excluding hydrogens is 1570 g/mol. The van der Waals surface area contributed by atoms with Gasteiger partial charge in [0.05, 0.1) is 82.7 Å². The highest BCUT2D eigenvalue weighted by Crippen LogP contribution is 2.54. The van der Waals surface area contributed by atoms with Crippen LogP contribution in [-0.4, -0.2) is 117 Å². The van der Waals surface area contributed by atoms with Crippen LogP contribution in [0.1, 0.15) is 266 Å². The topological polar surface area (TPSA) is 284 Å². The third-order valence-electron chi connectivity index (χ3n) is 27.5. The van der Waals surface area contributed by atoms with Crippen LogP contribution in [0.25, 0.3) is 0 Å². The second-order valence-electron chi connectivity index (χ2n) is 37.3. The maximum absolute atomic E-state index is 13.7. The lowest BCUT2D eigenvalue weighted by Crippen LogP contribution is -2.44. The summed E-state index contributed by atoms with van der Waals surface area (Å²) in [5, 5.41) is 55.7. The summed E-state index contributed by atoms with van der Waals surface area (Å²) >= 11 is 0. The molecule has 2 fully saturated rings. The number of hydrogen-bond donors (Lipinski definition) is 6. The number of nitrogens with one attached hydrogen (secondary N) is 2. The molecule has 10 aliphatic heterocycles. The number of aliphatic imine (C=N–C) groups is 6. The van der Waals surface area contributed by atoms with Crippen molar-refractivity contribution in [1.29, 1.82) is 0 Å². The van der Waals surface area contributed by atoms with Crippen molar-refractivity contribution < 1.29 is 58.6 Å². The third-order valence-corrected chi connectivity index (χ3v) is 27.5. The smallest absolute Gasteiger partial charge is 0.350 e. The van der Waals surface area contributed by atoms with Gasteiger partial charge in [0.1, 0.15) is 13.2 Å². The average Bonchev–Trinajstić information content (AvgIpc) is 1.54. The Kier molecular flexibility index (Phi) is 31.4. The summed E-state index contributed by atoms with van der Waals surface area (Å²) in [5.41, 5.74) is 17.3. The summed E-state index contributed by atoms with van der Waals surface area (Å²) in [6.45, 7) is 49.1. The molecule has 3 unspecified atom stereocenters. The summed E-state index contributed by atoms with van der Waals surface area (Å²) in [6.07, 6.45) is 40.0. The van der Waals surface area contributed by atoms with Gasteiger partial charge in [0.2, 0.25) is 11.2 Å². The van der Waals surface area contributed by atoms with Crippen LogP contribution in [0.15, 0.2) is 262 Å². The number of ether oxygens (including phenoxy) is 4. The Morgan fingerprint density at radius 2 is 0.800 bits per heavy atom. The largest absolute Gasteiger partial charge is 0.507 e. The van der Waals surface area contributed by atoms with E-state index >= 15 is 0 Å². The standard InChI is InChI=1S/C55H74N4O6.C50H64N4O6/c1-13-39-35(8)42-28-44-37(10)41(24-25-48(60)65-27-26-34(7)23-17-22-33(6)21-16-20-32(5)19-15-18-31(3)4)51(58-44)50-52-49(53(61)55(50,63)54(62)64-12)38(11)45(59-52)30-47-40(14-2)36(9)43(57-47)29-46(39)56-42;1-12-34-30(7)37-24-39-32(9)36(20-21-43(55)60-23-22-29(6)19-15-18-28(5)17-14-16-27(3)4)46(53-39)45-47-44(48(56)50(45,58)49(57)59-11)33(10)40(54-47)26-42-35(13-2)31(8)38(52-42)25-41(34)51-37/h13,26,28-33,37,41,58,61,63H,1,14-25,27H2,2-12H3;12,22,24-28,32,36,53,56,58H,1,13-21,23H2,2-11H3/b34-26+,44-28?,46-29?,47-30?,51-50?;29-22+,39-24?,41-25?,42-26?,46-45?/t32?,33?,37-,41-,55-;28?,32-,36-,50-/m00/s1. The van der Waals surface area contributed by atoms with Crippen LogP contribution in [0.3, 0.4) is 0 Å². The van der Waals surface area contributed by atoms with Crippen LogP contribution >= 0.6 is 0 Å². The van der Waals surface area contributed by atoms with E-state index in [1.54, 1.807) is 0 Å². The van der Waals surface area contributed by atoms with Crippen LogP contribution in [-0.2, 0) is 38.1 Å². The highest BCUT2D eigenvalue weighted by Gasteiger charge is 2.61. The molecule has 0 radical (unpaired) electrons. The van der Waals surface area contributed by atoms with E-state index < -0.39 is 46.5 Å². The van der Waals surface area contributed by atoms with Gasteiger partial charge in [0, 0.05) is 92.7 Å². The molecule has 12 aliphatic rings. The molecule has 0 spiro atoms. The Balaban J connectivity index is 0.000000244. The Morgan fingerprint density at radius 3 is 1.14 bits per heavy atom. The molecule has 16 bridgehead atoms. The van der Waals surface area contributed by atoms with Gasteiger partial charge in [-0.25, -0.2) is 39.5 Å². The predicted molar refractivity (Wildman–Crippen MR) is 503 cm³/mol. The zero-order chi connectivity index (χ0) is 91.0. The summed E-state index contributed by atoms with van der Waals surface area (Å²) in [5.74, 6) is -1.39. The fourth-order valence-electron chi connectivity index (χ4n) is 19.5. The molecule has 20 nitrogen and oxygen atoms in total. The number of hydrogen-bond acceptors (Lipinski definition) is 20. The first-order chi connectivity index (χ1) is 59.5. The fraction of sp³-hybridized carbons (Fsp3) is 0.524. The van der Waals surface area contributed by atoms with Crippen LogP contribution in [0.4, 0.5) is 0 Å². The first kappa shape index (κ1) is 95.5. The predicted octanol–water partition coefficient (Wildman–Crippen LogP) is 22.3. The number of allylic oxidation sites excluding steroid dienone is 24. The molecule has 12 rings (SSSR count). The first-order valence-corrected chi connectivity index (χ1v) is 46.0. The van der Waals surface area contributed by atoms with Crippen molar-refractivity contribution in [1.82, 2.24) is 10.6 Å². The number of fused-ring (bicyclic) bond motifs is 10. The molecule has 125 heavy (non-hydrogen) atoms. The minimum atomic E-state index is -2.55. The molecular formula is C105H138N8O12. The van der Waals surface area contributed by atoms with Gasteiger partial charge >= 0.3 is 23.9 Å². The van der Waals surface area contributed by atoms with E-state index in [4.69, 9.17) is 48.9 Å². The molecule has 20 heteroatoms. The number of nitrogens with zero attached hydrogens (tertiary/aromatic N) is 6. The lowest BCUT2D eigenvalue weighted by molar-refractivity contribution is -0.157. The molecule has 0 aromatic heterocycles. The van der Waals surface area contributed by atoms with Gasteiger partial charge in [0.15, 0.2) is 11.5 Å². The number of aliphatic hydroxyl groups is 4. The summed E-state index contributed by atoms with van der Waals surface area (Å²) < 4.78 is 21.8. The minimum absolute atomic E-state index is 0.0878. The molecule has 0 aromatic carbocycles. The van der Waals surface area contributed by atoms with E-state index in [-0.39, 0.29) is 83.5 Å². The van der Waals surface area contributed by atoms with Gasteiger partial charge in [-0.3, -0.25) is 9.59 Å². The van der Waals surface area contributed by atoms with Gasteiger partial charge in [-0.05, 0) is 230 Å². The Hall–Kier alpha value is -10.2. The quantitative estimate of drug-likeness (QED) is 0.0193. The van der Waals surface area contributed by atoms with Gasteiger partial charge in [0.25, 0.3) is 0 Å². The maximum Gasteiger partial charge on any atom is 0.350 e.